The lowest BCUT2D eigenvalue weighted by Gasteiger charge is -2.14. The van der Waals surface area contributed by atoms with Gasteiger partial charge in [-0.1, -0.05) is 50.7 Å². The van der Waals surface area contributed by atoms with Gasteiger partial charge < -0.3 is 5.32 Å². The van der Waals surface area contributed by atoms with E-state index in [2.05, 4.69) is 29.4 Å². The predicted molar refractivity (Wildman–Crippen MR) is 137 cm³/mol. The highest BCUT2D eigenvalue weighted by molar-refractivity contribution is 8.00. The first kappa shape index (κ1) is 23.8. The Morgan fingerprint density at radius 3 is 2.41 bits per heavy atom. The molecule has 2 aromatic carbocycles. The molecule has 0 bridgehead atoms. The second-order valence-corrected chi connectivity index (χ2v) is 9.87. The Bertz CT molecular complexity index is 1390. The zero-order chi connectivity index (χ0) is 24.4. The Hall–Kier alpha value is -3.39. The molecule has 176 valence electrons. The molecule has 0 saturated carbocycles. The molecule has 0 spiro atoms. The number of thioether (sulfide) groups is 1. The Morgan fingerprint density at radius 1 is 1.03 bits per heavy atom. The monoisotopic (exact) mass is 475 g/mol. The average Bonchev–Trinajstić information content (AvgIpc) is 3.23. The van der Waals surface area contributed by atoms with Crippen molar-refractivity contribution >= 4 is 29.0 Å². The standard InChI is InChI=1S/C26H29N5O2S/c1-6-22(24(32)27-20-10-8-19(9-11-20)16(2)3)34-26-29-28-23-25(33)30(13-14-31(23)26)21-12-7-17(4)18(5)15-21/h7-16,22H,6H2,1-5H3,(H,27,32)/t22-/m0/s1. The van der Waals surface area contributed by atoms with Crippen molar-refractivity contribution in [1.29, 1.82) is 0 Å². The molecule has 2 aromatic heterocycles. The number of hydrogen-bond donors (Lipinski definition) is 1. The van der Waals surface area contributed by atoms with Crippen LogP contribution >= 0.6 is 11.8 Å². The zero-order valence-corrected chi connectivity index (χ0v) is 20.9. The number of anilines is 1. The Morgan fingerprint density at radius 2 is 1.76 bits per heavy atom. The van der Waals surface area contributed by atoms with Gasteiger partial charge >= 0.3 is 5.56 Å². The lowest BCUT2D eigenvalue weighted by atomic mass is 10.0. The summed E-state index contributed by atoms with van der Waals surface area (Å²) in [6, 6.07) is 13.8. The fourth-order valence-electron chi connectivity index (χ4n) is 3.65. The van der Waals surface area contributed by atoms with Crippen molar-refractivity contribution < 1.29 is 4.79 Å². The zero-order valence-electron chi connectivity index (χ0n) is 20.1. The molecule has 2 heterocycles. The van der Waals surface area contributed by atoms with E-state index in [1.54, 1.807) is 21.4 Å². The van der Waals surface area contributed by atoms with Crippen LogP contribution in [0, 0.1) is 13.8 Å². The lowest BCUT2D eigenvalue weighted by molar-refractivity contribution is -0.115. The fraction of sp³-hybridized carbons (Fsp3) is 0.308. The molecule has 0 radical (unpaired) electrons. The normalized spacial score (nSPS) is 12.3. The van der Waals surface area contributed by atoms with Gasteiger partial charge in [0.15, 0.2) is 5.16 Å². The third kappa shape index (κ3) is 4.77. The van der Waals surface area contributed by atoms with Crippen LogP contribution in [0.15, 0.2) is 64.8 Å². The molecular formula is C26H29N5O2S. The van der Waals surface area contributed by atoms with Crippen LogP contribution in [0.4, 0.5) is 5.69 Å². The molecule has 4 rings (SSSR count). The van der Waals surface area contributed by atoms with Crippen LogP contribution in [0.25, 0.3) is 11.3 Å². The molecule has 34 heavy (non-hydrogen) atoms. The van der Waals surface area contributed by atoms with Gasteiger partial charge in [0.25, 0.3) is 0 Å². The molecule has 0 aliphatic heterocycles. The summed E-state index contributed by atoms with van der Waals surface area (Å²) in [6.07, 6.45) is 4.09. The van der Waals surface area contributed by atoms with Crippen LogP contribution in [-0.2, 0) is 4.79 Å². The predicted octanol–water partition coefficient (Wildman–Crippen LogP) is 5.13. The number of aromatic nitrogens is 4. The number of carbonyl (C=O) groups excluding carboxylic acids is 1. The molecule has 1 N–H and O–H groups in total. The minimum Gasteiger partial charge on any atom is -0.325 e. The fourth-order valence-corrected chi connectivity index (χ4v) is 4.58. The second kappa shape index (κ2) is 9.85. The molecular weight excluding hydrogens is 446 g/mol. The number of fused-ring (bicyclic) bond motifs is 1. The number of amides is 1. The van der Waals surface area contributed by atoms with Crippen molar-refractivity contribution in [3.8, 4) is 5.69 Å². The number of carbonyl (C=O) groups is 1. The van der Waals surface area contributed by atoms with Crippen LogP contribution in [0.1, 0.15) is 49.8 Å². The number of hydrogen-bond acceptors (Lipinski definition) is 5. The van der Waals surface area contributed by atoms with E-state index in [1.807, 2.05) is 63.2 Å². The molecule has 0 unspecified atom stereocenters. The quantitative estimate of drug-likeness (QED) is 0.375. The van der Waals surface area contributed by atoms with Crippen molar-refractivity contribution in [3.63, 3.8) is 0 Å². The molecule has 0 aliphatic carbocycles. The van der Waals surface area contributed by atoms with Crippen molar-refractivity contribution in [2.45, 2.75) is 57.4 Å². The van der Waals surface area contributed by atoms with Crippen LogP contribution in [0.2, 0.25) is 0 Å². The van der Waals surface area contributed by atoms with Crippen LogP contribution < -0.4 is 10.9 Å². The first-order valence-corrected chi connectivity index (χ1v) is 12.3. The van der Waals surface area contributed by atoms with E-state index in [4.69, 9.17) is 0 Å². The molecule has 7 nitrogen and oxygen atoms in total. The van der Waals surface area contributed by atoms with E-state index in [0.29, 0.717) is 17.5 Å². The maximum Gasteiger partial charge on any atom is 0.300 e. The van der Waals surface area contributed by atoms with Crippen molar-refractivity contribution in [2.24, 2.45) is 0 Å². The highest BCUT2D eigenvalue weighted by Gasteiger charge is 2.22. The average molecular weight is 476 g/mol. The van der Waals surface area contributed by atoms with E-state index in [1.165, 1.54) is 22.9 Å². The molecule has 8 heteroatoms. The maximum absolute atomic E-state index is 13.1. The molecule has 1 atom stereocenters. The third-order valence-corrected chi connectivity index (χ3v) is 7.28. The summed E-state index contributed by atoms with van der Waals surface area (Å²) in [6.45, 7) is 10.3. The molecule has 4 aromatic rings. The Balaban J connectivity index is 1.55. The number of rotatable bonds is 7. The summed E-state index contributed by atoms with van der Waals surface area (Å²) in [5.74, 6) is 0.328. The number of nitrogens with zero attached hydrogens (tertiary/aromatic N) is 4. The largest absolute Gasteiger partial charge is 0.325 e. The van der Waals surface area contributed by atoms with Crippen molar-refractivity contribution in [3.05, 3.63) is 81.9 Å². The summed E-state index contributed by atoms with van der Waals surface area (Å²) in [4.78, 5) is 26.0. The van der Waals surface area contributed by atoms with Gasteiger partial charge in [-0.25, -0.2) is 0 Å². The maximum atomic E-state index is 13.1. The van der Waals surface area contributed by atoms with Gasteiger partial charge in [-0.05, 0) is 67.1 Å². The minimum absolute atomic E-state index is 0.106. The van der Waals surface area contributed by atoms with Gasteiger partial charge in [-0.15, -0.1) is 10.2 Å². The van der Waals surface area contributed by atoms with Crippen LogP contribution in [0.5, 0.6) is 0 Å². The van der Waals surface area contributed by atoms with E-state index in [-0.39, 0.29) is 22.4 Å². The molecule has 0 fully saturated rings. The van der Waals surface area contributed by atoms with Gasteiger partial charge in [0, 0.05) is 23.8 Å². The van der Waals surface area contributed by atoms with Gasteiger partial charge in [0.05, 0.1) is 5.25 Å². The summed E-state index contributed by atoms with van der Waals surface area (Å²) >= 11 is 1.30. The Labute approximate surface area is 203 Å². The third-order valence-electron chi connectivity index (χ3n) is 5.96. The first-order chi connectivity index (χ1) is 16.3. The van der Waals surface area contributed by atoms with Gasteiger partial charge in [-0.2, -0.15) is 0 Å². The van der Waals surface area contributed by atoms with Gasteiger partial charge in [0.2, 0.25) is 11.6 Å². The SMILES string of the molecule is CC[C@H](Sc1nnc2c(=O)n(-c3ccc(C)c(C)c3)ccn12)C(=O)Nc1ccc(C(C)C)cc1. The minimum atomic E-state index is -0.376. The van der Waals surface area contributed by atoms with Crippen molar-refractivity contribution in [1.82, 2.24) is 19.2 Å². The topological polar surface area (TPSA) is 81.3 Å². The number of benzene rings is 2. The molecule has 0 aliphatic rings. The van der Waals surface area contributed by atoms with Gasteiger partial charge in [-0.3, -0.25) is 18.6 Å². The summed E-state index contributed by atoms with van der Waals surface area (Å²) in [5.41, 5.74) is 5.01. The molecule has 1 amide bonds. The van der Waals surface area contributed by atoms with E-state index >= 15 is 0 Å². The van der Waals surface area contributed by atoms with Crippen LogP contribution in [0.3, 0.4) is 0 Å². The van der Waals surface area contributed by atoms with E-state index in [0.717, 1.165) is 16.9 Å². The van der Waals surface area contributed by atoms with Gasteiger partial charge in [0.1, 0.15) is 0 Å². The Kier molecular flexibility index (Phi) is 6.88. The first-order valence-electron chi connectivity index (χ1n) is 11.4. The highest BCUT2D eigenvalue weighted by Crippen LogP contribution is 2.26. The molecule has 0 saturated heterocycles. The number of nitrogens with one attached hydrogen (secondary N) is 1. The van der Waals surface area contributed by atoms with Crippen molar-refractivity contribution in [2.75, 3.05) is 5.32 Å². The highest BCUT2D eigenvalue weighted by atomic mass is 32.2. The van der Waals surface area contributed by atoms with Crippen LogP contribution in [-0.4, -0.2) is 30.3 Å². The van der Waals surface area contributed by atoms with E-state index in [9.17, 15) is 9.59 Å². The summed E-state index contributed by atoms with van der Waals surface area (Å²) in [7, 11) is 0. The summed E-state index contributed by atoms with van der Waals surface area (Å²) in [5, 5.41) is 11.5. The summed E-state index contributed by atoms with van der Waals surface area (Å²) < 4.78 is 3.22. The lowest BCUT2D eigenvalue weighted by Crippen LogP contribution is -2.25. The number of aryl methyl sites for hydroxylation is 2. The van der Waals surface area contributed by atoms with E-state index < -0.39 is 0 Å². The smallest absolute Gasteiger partial charge is 0.300 e. The second-order valence-electron chi connectivity index (χ2n) is 8.70.